The zero-order valence-electron chi connectivity index (χ0n) is 11.8. The van der Waals surface area contributed by atoms with E-state index in [9.17, 15) is 4.79 Å². The lowest BCUT2D eigenvalue weighted by molar-refractivity contribution is 0.0927. The first-order valence-electron chi connectivity index (χ1n) is 6.67. The molecule has 4 nitrogen and oxygen atoms in total. The molecule has 0 atom stereocenters. The SMILES string of the molecule is CC(C)(CCO)CNC(=O)c1ccccc1CCN. The van der Waals surface area contributed by atoms with Crippen molar-refractivity contribution in [1.29, 1.82) is 0 Å². The molecule has 0 aliphatic carbocycles. The number of nitrogens with two attached hydrogens (primary N) is 1. The summed E-state index contributed by atoms with van der Waals surface area (Å²) < 4.78 is 0. The molecule has 0 fully saturated rings. The quantitative estimate of drug-likeness (QED) is 0.695. The zero-order valence-corrected chi connectivity index (χ0v) is 11.8. The van der Waals surface area contributed by atoms with Crippen LogP contribution in [0.1, 0.15) is 36.2 Å². The number of aliphatic hydroxyl groups excluding tert-OH is 1. The number of rotatable bonds is 7. The summed E-state index contributed by atoms with van der Waals surface area (Å²) in [4.78, 5) is 12.2. The van der Waals surface area contributed by atoms with Gasteiger partial charge in [0.25, 0.3) is 5.91 Å². The predicted molar refractivity (Wildman–Crippen MR) is 77.0 cm³/mol. The number of carbonyl (C=O) groups is 1. The first-order valence-corrected chi connectivity index (χ1v) is 6.67. The number of hydrogen-bond acceptors (Lipinski definition) is 3. The van der Waals surface area contributed by atoms with E-state index in [4.69, 9.17) is 10.8 Å². The fourth-order valence-electron chi connectivity index (χ4n) is 1.92. The number of hydrogen-bond donors (Lipinski definition) is 3. The molecule has 0 saturated carbocycles. The van der Waals surface area contributed by atoms with Gasteiger partial charge in [0, 0.05) is 18.7 Å². The number of benzene rings is 1. The first kappa shape index (κ1) is 15.7. The topological polar surface area (TPSA) is 75.3 Å². The smallest absolute Gasteiger partial charge is 0.251 e. The summed E-state index contributed by atoms with van der Waals surface area (Å²) in [5.41, 5.74) is 7.11. The van der Waals surface area contributed by atoms with Crippen molar-refractivity contribution >= 4 is 5.91 Å². The molecule has 0 bridgehead atoms. The second-order valence-corrected chi connectivity index (χ2v) is 5.52. The molecule has 0 aliphatic rings. The van der Waals surface area contributed by atoms with Crippen molar-refractivity contribution in [3.8, 4) is 0 Å². The van der Waals surface area contributed by atoms with E-state index in [0.717, 1.165) is 5.56 Å². The van der Waals surface area contributed by atoms with Crippen LogP contribution in [0, 0.1) is 5.41 Å². The molecule has 0 aliphatic heterocycles. The third-order valence-corrected chi connectivity index (χ3v) is 3.19. The van der Waals surface area contributed by atoms with Crippen LogP contribution in [0.25, 0.3) is 0 Å². The van der Waals surface area contributed by atoms with Crippen LogP contribution in [-0.4, -0.2) is 30.7 Å². The van der Waals surface area contributed by atoms with Crippen molar-refractivity contribution in [3.05, 3.63) is 35.4 Å². The molecule has 4 heteroatoms. The molecule has 0 aromatic heterocycles. The Kier molecular flexibility index (Phi) is 5.99. The van der Waals surface area contributed by atoms with Gasteiger partial charge in [-0.1, -0.05) is 32.0 Å². The third kappa shape index (κ3) is 5.01. The summed E-state index contributed by atoms with van der Waals surface area (Å²) >= 11 is 0. The lowest BCUT2D eigenvalue weighted by Gasteiger charge is -2.24. The highest BCUT2D eigenvalue weighted by Gasteiger charge is 2.19. The normalized spacial score (nSPS) is 11.4. The van der Waals surface area contributed by atoms with E-state index in [1.54, 1.807) is 0 Å². The maximum atomic E-state index is 12.2. The Morgan fingerprint density at radius 2 is 2.05 bits per heavy atom. The molecule has 1 rings (SSSR count). The zero-order chi connectivity index (χ0) is 14.3. The van der Waals surface area contributed by atoms with E-state index in [1.165, 1.54) is 0 Å². The van der Waals surface area contributed by atoms with Gasteiger partial charge in [-0.25, -0.2) is 0 Å². The molecular weight excluding hydrogens is 240 g/mol. The van der Waals surface area contributed by atoms with Crippen LogP contribution >= 0.6 is 0 Å². The number of carbonyl (C=O) groups excluding carboxylic acids is 1. The highest BCUT2D eigenvalue weighted by atomic mass is 16.3. The van der Waals surface area contributed by atoms with E-state index in [-0.39, 0.29) is 17.9 Å². The average molecular weight is 264 g/mol. The molecule has 1 aromatic rings. The van der Waals surface area contributed by atoms with Gasteiger partial charge in [0.2, 0.25) is 0 Å². The highest BCUT2D eigenvalue weighted by Crippen LogP contribution is 2.18. The van der Waals surface area contributed by atoms with E-state index >= 15 is 0 Å². The van der Waals surface area contributed by atoms with Crippen molar-refractivity contribution < 1.29 is 9.90 Å². The van der Waals surface area contributed by atoms with E-state index in [2.05, 4.69) is 5.32 Å². The maximum Gasteiger partial charge on any atom is 0.251 e. The molecule has 0 spiro atoms. The van der Waals surface area contributed by atoms with Gasteiger partial charge in [-0.2, -0.15) is 0 Å². The molecule has 1 amide bonds. The molecule has 0 saturated heterocycles. The number of nitrogens with one attached hydrogen (secondary N) is 1. The summed E-state index contributed by atoms with van der Waals surface area (Å²) in [6.45, 7) is 5.25. The van der Waals surface area contributed by atoms with Gasteiger partial charge in [0.1, 0.15) is 0 Å². The van der Waals surface area contributed by atoms with Gasteiger partial charge >= 0.3 is 0 Å². The molecule has 0 unspecified atom stereocenters. The van der Waals surface area contributed by atoms with E-state index in [1.807, 2.05) is 38.1 Å². The van der Waals surface area contributed by atoms with Crippen molar-refractivity contribution in [2.75, 3.05) is 19.7 Å². The Morgan fingerprint density at radius 1 is 1.37 bits per heavy atom. The van der Waals surface area contributed by atoms with Crippen LogP contribution in [-0.2, 0) is 6.42 Å². The maximum absolute atomic E-state index is 12.2. The minimum Gasteiger partial charge on any atom is -0.396 e. The molecule has 1 aromatic carbocycles. The summed E-state index contributed by atoms with van der Waals surface area (Å²) in [7, 11) is 0. The van der Waals surface area contributed by atoms with Gasteiger partial charge in [0.05, 0.1) is 0 Å². The fraction of sp³-hybridized carbons (Fsp3) is 0.533. The van der Waals surface area contributed by atoms with Crippen molar-refractivity contribution in [2.45, 2.75) is 26.7 Å². The minimum atomic E-state index is -0.104. The van der Waals surface area contributed by atoms with Crippen LogP contribution in [0.4, 0.5) is 0 Å². The Balaban J connectivity index is 2.68. The van der Waals surface area contributed by atoms with E-state index in [0.29, 0.717) is 31.5 Å². The molecule has 0 heterocycles. The second kappa shape index (κ2) is 7.26. The summed E-state index contributed by atoms with van der Waals surface area (Å²) in [5.74, 6) is -0.0740. The molecule has 4 N–H and O–H groups in total. The van der Waals surface area contributed by atoms with Crippen molar-refractivity contribution in [3.63, 3.8) is 0 Å². The number of aliphatic hydroxyl groups is 1. The Morgan fingerprint density at radius 3 is 2.68 bits per heavy atom. The fourth-order valence-corrected chi connectivity index (χ4v) is 1.92. The van der Waals surface area contributed by atoms with Crippen molar-refractivity contribution in [2.24, 2.45) is 11.1 Å². The lowest BCUT2D eigenvalue weighted by Crippen LogP contribution is -2.35. The summed E-state index contributed by atoms with van der Waals surface area (Å²) in [6.07, 6.45) is 1.36. The third-order valence-electron chi connectivity index (χ3n) is 3.19. The van der Waals surface area contributed by atoms with Gasteiger partial charge in [-0.3, -0.25) is 4.79 Å². The van der Waals surface area contributed by atoms with Gasteiger partial charge < -0.3 is 16.2 Å². The molecule has 0 radical (unpaired) electrons. The summed E-state index contributed by atoms with van der Waals surface area (Å²) in [6, 6.07) is 7.52. The predicted octanol–water partition coefficient (Wildman–Crippen LogP) is 1.33. The van der Waals surface area contributed by atoms with Gasteiger partial charge in [-0.05, 0) is 36.4 Å². The highest BCUT2D eigenvalue weighted by molar-refractivity contribution is 5.95. The average Bonchev–Trinajstić information content (AvgIpc) is 2.37. The van der Waals surface area contributed by atoms with Gasteiger partial charge in [-0.15, -0.1) is 0 Å². The molecular formula is C15H24N2O2. The lowest BCUT2D eigenvalue weighted by atomic mass is 9.89. The molecule has 19 heavy (non-hydrogen) atoms. The van der Waals surface area contributed by atoms with Crippen LogP contribution in [0.15, 0.2) is 24.3 Å². The first-order chi connectivity index (χ1) is 9.00. The van der Waals surface area contributed by atoms with Crippen LogP contribution in [0.3, 0.4) is 0 Å². The Labute approximate surface area is 115 Å². The van der Waals surface area contributed by atoms with Crippen LogP contribution < -0.4 is 11.1 Å². The second-order valence-electron chi connectivity index (χ2n) is 5.52. The van der Waals surface area contributed by atoms with Crippen molar-refractivity contribution in [1.82, 2.24) is 5.32 Å². The largest absolute Gasteiger partial charge is 0.396 e. The monoisotopic (exact) mass is 264 g/mol. The standard InChI is InChI=1S/C15H24N2O2/c1-15(2,8-10-18)11-17-14(19)13-6-4-3-5-12(13)7-9-16/h3-6,18H,7-11,16H2,1-2H3,(H,17,19). The van der Waals surface area contributed by atoms with Crippen LogP contribution in [0.5, 0.6) is 0 Å². The minimum absolute atomic E-state index is 0.0740. The number of amides is 1. The Hall–Kier alpha value is -1.39. The Bertz CT molecular complexity index is 416. The van der Waals surface area contributed by atoms with Gasteiger partial charge in [0.15, 0.2) is 0 Å². The molecule has 106 valence electrons. The summed E-state index contributed by atoms with van der Waals surface area (Å²) in [5, 5.41) is 11.9. The van der Waals surface area contributed by atoms with E-state index < -0.39 is 0 Å². The van der Waals surface area contributed by atoms with Crippen LogP contribution in [0.2, 0.25) is 0 Å².